The first-order valence-corrected chi connectivity index (χ1v) is 11.5. The summed E-state index contributed by atoms with van der Waals surface area (Å²) in [6.07, 6.45) is 1.54. The number of hydrogen-bond donors (Lipinski definition) is 2. The van der Waals surface area contributed by atoms with E-state index in [4.69, 9.17) is 10.5 Å². The van der Waals surface area contributed by atoms with Crippen molar-refractivity contribution < 1.29 is 24.2 Å². The average Bonchev–Trinajstić information content (AvgIpc) is 2.86. The van der Waals surface area contributed by atoms with Gasteiger partial charge in [0, 0.05) is 17.0 Å². The van der Waals surface area contributed by atoms with Crippen molar-refractivity contribution in [1.29, 1.82) is 0 Å². The third kappa shape index (κ3) is 4.62. The lowest BCUT2D eigenvalue weighted by molar-refractivity contribution is -0.139. The number of amides is 2. The van der Waals surface area contributed by atoms with E-state index in [-0.39, 0.29) is 12.2 Å². The second kappa shape index (κ2) is 9.62. The van der Waals surface area contributed by atoms with Gasteiger partial charge in [-0.05, 0) is 60.2 Å². The molecule has 0 bridgehead atoms. The molecule has 1 aliphatic carbocycles. The van der Waals surface area contributed by atoms with E-state index in [1.54, 1.807) is 37.4 Å². The lowest BCUT2D eigenvalue weighted by Gasteiger charge is -2.35. The van der Waals surface area contributed by atoms with Gasteiger partial charge in [0.25, 0.3) is 0 Å². The highest BCUT2D eigenvalue weighted by Crippen LogP contribution is 2.42. The number of nitrogens with two attached hydrogens (primary N) is 1. The van der Waals surface area contributed by atoms with E-state index in [9.17, 15) is 19.5 Å². The van der Waals surface area contributed by atoms with E-state index in [2.05, 4.69) is 0 Å². The van der Waals surface area contributed by atoms with Crippen molar-refractivity contribution in [3.05, 3.63) is 77.9 Å². The molecule has 3 aromatic carbocycles. The minimum absolute atomic E-state index is 0.0825. The average molecular weight is 473 g/mol. The molecule has 2 amide bonds. The predicted octanol–water partition coefficient (Wildman–Crippen LogP) is 5.58. The Morgan fingerprint density at radius 2 is 1.74 bits per heavy atom. The van der Waals surface area contributed by atoms with Crippen LogP contribution in [0.4, 0.5) is 16.2 Å². The highest BCUT2D eigenvalue weighted by atomic mass is 16.5. The van der Waals surface area contributed by atoms with E-state index in [0.717, 1.165) is 16.7 Å². The number of fused-ring (bicyclic) bond motifs is 1. The number of benzene rings is 3. The van der Waals surface area contributed by atoms with Gasteiger partial charge in [0.2, 0.25) is 0 Å². The molecule has 0 saturated carbocycles. The predicted molar refractivity (Wildman–Crippen MR) is 134 cm³/mol. The molecular weight excluding hydrogens is 444 g/mol. The van der Waals surface area contributed by atoms with Crippen molar-refractivity contribution >= 4 is 29.2 Å². The Kier molecular flexibility index (Phi) is 6.60. The Balaban J connectivity index is 1.62. The maximum atomic E-state index is 13.2. The number of ether oxygens (including phenoxy) is 1. The summed E-state index contributed by atoms with van der Waals surface area (Å²) in [5.74, 6) is -0.412. The number of ketones is 1. The van der Waals surface area contributed by atoms with Crippen molar-refractivity contribution in [3.63, 3.8) is 0 Å². The second-order valence-electron chi connectivity index (χ2n) is 8.83. The van der Waals surface area contributed by atoms with Gasteiger partial charge in [-0.15, -0.1) is 0 Å². The van der Waals surface area contributed by atoms with Crippen molar-refractivity contribution in [2.45, 2.75) is 32.6 Å². The first-order chi connectivity index (χ1) is 16.8. The fourth-order valence-electron chi connectivity index (χ4n) is 4.85. The minimum Gasteiger partial charge on any atom is -0.497 e. The normalized spacial score (nSPS) is 16.9. The molecule has 7 heteroatoms. The van der Waals surface area contributed by atoms with Crippen molar-refractivity contribution in [2.24, 2.45) is 11.1 Å². The number of hydrogen-bond acceptors (Lipinski definition) is 4. The number of aliphatic carboxylic acids is 1. The van der Waals surface area contributed by atoms with Crippen LogP contribution in [0.15, 0.2) is 66.7 Å². The summed E-state index contributed by atoms with van der Waals surface area (Å²) >= 11 is 0. The molecule has 3 N–H and O–H groups in total. The molecule has 0 saturated heterocycles. The van der Waals surface area contributed by atoms with Gasteiger partial charge < -0.3 is 15.6 Å². The number of nitrogens with zero attached hydrogens (tertiary/aromatic N) is 1. The zero-order valence-electron chi connectivity index (χ0n) is 19.8. The lowest BCUT2D eigenvalue weighted by Crippen LogP contribution is -2.37. The molecule has 0 aromatic heterocycles. The van der Waals surface area contributed by atoms with Crippen LogP contribution in [-0.2, 0) is 11.2 Å². The number of urea groups is 1. The van der Waals surface area contributed by atoms with Crippen molar-refractivity contribution in [3.8, 4) is 16.9 Å². The molecule has 0 aliphatic heterocycles. The fourth-order valence-corrected chi connectivity index (χ4v) is 4.85. The lowest BCUT2D eigenvalue weighted by atomic mass is 9.67. The van der Waals surface area contributed by atoms with E-state index in [1.807, 2.05) is 43.3 Å². The Bertz CT molecular complexity index is 1280. The number of rotatable bonds is 7. The smallest absolute Gasteiger partial charge is 0.323 e. The molecule has 180 valence electrons. The molecule has 1 unspecified atom stereocenters. The van der Waals surface area contributed by atoms with Crippen LogP contribution < -0.4 is 15.4 Å². The summed E-state index contributed by atoms with van der Waals surface area (Å²) in [7, 11) is 1.56. The number of carboxylic acids is 1. The van der Waals surface area contributed by atoms with Gasteiger partial charge in [0.05, 0.1) is 24.9 Å². The summed E-state index contributed by atoms with van der Waals surface area (Å²) in [5, 5.41) is 9.32. The SMILES string of the molecule is CCC1(CC(=O)O)CCc2cc(-c3ccc(N(C(N)=O)c4cccc(OC)c4)cc3)ccc2C1=O. The third-order valence-corrected chi connectivity index (χ3v) is 6.86. The Morgan fingerprint density at radius 1 is 1.03 bits per heavy atom. The van der Waals surface area contributed by atoms with Gasteiger partial charge >= 0.3 is 12.0 Å². The minimum atomic E-state index is -0.945. The van der Waals surface area contributed by atoms with Gasteiger partial charge in [-0.2, -0.15) is 0 Å². The molecule has 1 aliphatic rings. The van der Waals surface area contributed by atoms with Gasteiger partial charge in [-0.3, -0.25) is 14.5 Å². The second-order valence-corrected chi connectivity index (χ2v) is 8.83. The number of methoxy groups -OCH3 is 1. The molecule has 35 heavy (non-hydrogen) atoms. The molecule has 1 atom stereocenters. The van der Waals surface area contributed by atoms with Crippen LogP contribution in [0.2, 0.25) is 0 Å². The number of primary amides is 1. The van der Waals surface area contributed by atoms with Crippen LogP contribution in [0.25, 0.3) is 11.1 Å². The number of Topliss-reactive ketones (excluding diaryl/α,β-unsaturated/α-hetero) is 1. The van der Waals surface area contributed by atoms with E-state index >= 15 is 0 Å². The highest BCUT2D eigenvalue weighted by molar-refractivity contribution is 6.04. The van der Waals surface area contributed by atoms with Gasteiger partial charge in [-0.25, -0.2) is 4.79 Å². The summed E-state index contributed by atoms with van der Waals surface area (Å²) in [6.45, 7) is 1.88. The van der Waals surface area contributed by atoms with Gasteiger partial charge in [0.15, 0.2) is 5.78 Å². The van der Waals surface area contributed by atoms with Crippen LogP contribution in [0.1, 0.15) is 42.1 Å². The Labute approximate surface area is 204 Å². The zero-order valence-corrected chi connectivity index (χ0v) is 19.8. The third-order valence-electron chi connectivity index (χ3n) is 6.86. The van der Waals surface area contributed by atoms with E-state index < -0.39 is 17.4 Å². The molecule has 0 spiro atoms. The quantitative estimate of drug-likeness (QED) is 0.466. The number of carbonyl (C=O) groups excluding carboxylic acids is 2. The summed E-state index contributed by atoms with van der Waals surface area (Å²) in [6, 6.07) is 19.6. The fraction of sp³-hybridized carbons (Fsp3) is 0.250. The maximum absolute atomic E-state index is 13.2. The topological polar surface area (TPSA) is 110 Å². The number of aryl methyl sites for hydroxylation is 1. The number of anilines is 2. The molecular formula is C28H28N2O5. The zero-order chi connectivity index (χ0) is 25.2. The van der Waals surface area contributed by atoms with Crippen LogP contribution in [0.3, 0.4) is 0 Å². The van der Waals surface area contributed by atoms with Crippen LogP contribution in [0, 0.1) is 5.41 Å². The molecule has 0 fully saturated rings. The number of carboxylic acid groups (broad SMARTS) is 1. The molecule has 3 aromatic rings. The molecule has 0 radical (unpaired) electrons. The maximum Gasteiger partial charge on any atom is 0.323 e. The summed E-state index contributed by atoms with van der Waals surface area (Å²) in [4.78, 5) is 38.2. The standard InChI is InChI=1S/C28H28N2O5/c1-3-28(17-25(31)32)14-13-20-15-19(9-12-24(20)26(28)33)18-7-10-21(11-8-18)30(27(29)34)22-5-4-6-23(16-22)35-2/h4-12,15-16H,3,13-14,17H2,1-2H3,(H2,29,34)(H,31,32). The van der Waals surface area contributed by atoms with Crippen LogP contribution in [-0.4, -0.2) is 30.0 Å². The highest BCUT2D eigenvalue weighted by Gasteiger charge is 2.42. The molecule has 0 heterocycles. The number of carbonyl (C=O) groups is 3. The van der Waals surface area contributed by atoms with Gasteiger partial charge in [-0.1, -0.05) is 43.3 Å². The van der Waals surface area contributed by atoms with Gasteiger partial charge in [0.1, 0.15) is 5.75 Å². The molecule has 7 nitrogen and oxygen atoms in total. The summed E-state index contributed by atoms with van der Waals surface area (Å²) < 4.78 is 5.26. The van der Waals surface area contributed by atoms with Crippen LogP contribution in [0.5, 0.6) is 5.75 Å². The Hall–Kier alpha value is -4.13. The molecule has 4 rings (SSSR count). The van der Waals surface area contributed by atoms with Crippen molar-refractivity contribution in [1.82, 2.24) is 0 Å². The Morgan fingerprint density at radius 3 is 2.37 bits per heavy atom. The van der Waals surface area contributed by atoms with Crippen molar-refractivity contribution in [2.75, 3.05) is 12.0 Å². The van der Waals surface area contributed by atoms with E-state index in [0.29, 0.717) is 42.0 Å². The summed E-state index contributed by atoms with van der Waals surface area (Å²) in [5.41, 5.74) is 9.46. The van der Waals surface area contributed by atoms with Crippen LogP contribution >= 0.6 is 0 Å². The van der Waals surface area contributed by atoms with E-state index in [1.165, 1.54) is 4.90 Å². The monoisotopic (exact) mass is 472 g/mol. The first kappa shape index (κ1) is 24.0. The largest absolute Gasteiger partial charge is 0.497 e. The first-order valence-electron chi connectivity index (χ1n) is 11.5.